The van der Waals surface area contributed by atoms with Crippen LogP contribution in [0.25, 0.3) is 10.2 Å². The van der Waals surface area contributed by atoms with E-state index >= 15 is 0 Å². The number of aryl methyl sites for hydroxylation is 1. The second-order valence-corrected chi connectivity index (χ2v) is 11.9. The van der Waals surface area contributed by atoms with Gasteiger partial charge in [0.2, 0.25) is 5.91 Å². The van der Waals surface area contributed by atoms with Gasteiger partial charge < -0.3 is 19.7 Å². The van der Waals surface area contributed by atoms with Gasteiger partial charge in [-0.2, -0.15) is 0 Å². The van der Waals surface area contributed by atoms with Gasteiger partial charge in [-0.1, -0.05) is 32.6 Å². The molecule has 1 aliphatic carbocycles. The van der Waals surface area contributed by atoms with Crippen molar-refractivity contribution in [3.8, 4) is 0 Å². The SMILES string of the molecule is CCc1cc2c(cc3n2CC(C)(C(=O)NC2CCCCC2)N(CCCN2CCCCC2)C3=O)s1. The number of hydrogen-bond donors (Lipinski definition) is 1. The van der Waals surface area contributed by atoms with Crippen LogP contribution in [-0.2, 0) is 17.8 Å². The average Bonchev–Trinajstić information content (AvgIpc) is 3.41. The fourth-order valence-electron chi connectivity index (χ4n) is 6.14. The molecule has 7 heteroatoms. The third kappa shape index (κ3) is 4.53. The van der Waals surface area contributed by atoms with Crippen LogP contribution in [-0.4, -0.2) is 63.9 Å². The zero-order valence-electron chi connectivity index (χ0n) is 20.9. The van der Waals surface area contributed by atoms with E-state index in [9.17, 15) is 9.59 Å². The summed E-state index contributed by atoms with van der Waals surface area (Å²) in [6, 6.07) is 4.50. The highest BCUT2D eigenvalue weighted by molar-refractivity contribution is 7.19. The number of rotatable bonds is 7. The molecule has 1 unspecified atom stereocenters. The van der Waals surface area contributed by atoms with Gasteiger partial charge in [-0.25, -0.2) is 0 Å². The number of carbonyl (C=O) groups is 2. The van der Waals surface area contributed by atoms with Crippen LogP contribution in [0.5, 0.6) is 0 Å². The average molecular weight is 485 g/mol. The molecule has 2 aromatic heterocycles. The van der Waals surface area contributed by atoms with Gasteiger partial charge in [0.25, 0.3) is 5.91 Å². The molecular formula is C27H40N4O2S. The van der Waals surface area contributed by atoms with Crippen molar-refractivity contribution in [1.29, 1.82) is 0 Å². The highest BCUT2D eigenvalue weighted by Gasteiger charge is 2.48. The van der Waals surface area contributed by atoms with Gasteiger partial charge in [-0.05, 0) is 77.2 Å². The minimum atomic E-state index is -0.871. The minimum absolute atomic E-state index is 0.00707. The molecule has 2 amide bonds. The maximum atomic E-state index is 13.8. The molecule has 1 saturated heterocycles. The largest absolute Gasteiger partial charge is 0.351 e. The first-order valence-corrected chi connectivity index (χ1v) is 14.3. The molecule has 1 N–H and O–H groups in total. The van der Waals surface area contributed by atoms with Crippen LogP contribution < -0.4 is 5.32 Å². The lowest BCUT2D eigenvalue weighted by Gasteiger charge is -2.45. The number of likely N-dealkylation sites (tertiary alicyclic amines) is 1. The first-order chi connectivity index (χ1) is 16.5. The molecule has 2 aliphatic heterocycles. The highest BCUT2D eigenvalue weighted by atomic mass is 32.1. The zero-order chi connectivity index (χ0) is 23.7. The molecule has 0 spiro atoms. The molecule has 0 aromatic carbocycles. The van der Waals surface area contributed by atoms with Gasteiger partial charge in [-0.3, -0.25) is 9.59 Å². The van der Waals surface area contributed by atoms with Crippen LogP contribution in [0.15, 0.2) is 12.1 Å². The molecule has 2 aromatic rings. The number of thiophene rings is 1. The normalized spacial score (nSPS) is 24.5. The number of piperidine rings is 1. The van der Waals surface area contributed by atoms with Crippen molar-refractivity contribution in [3.63, 3.8) is 0 Å². The monoisotopic (exact) mass is 484 g/mol. The van der Waals surface area contributed by atoms with Crippen molar-refractivity contribution in [2.24, 2.45) is 0 Å². The van der Waals surface area contributed by atoms with Gasteiger partial charge in [-0.15, -0.1) is 11.3 Å². The Morgan fingerprint density at radius 3 is 2.56 bits per heavy atom. The Labute approximate surface area is 207 Å². The summed E-state index contributed by atoms with van der Waals surface area (Å²) >= 11 is 1.77. The third-order valence-corrected chi connectivity index (χ3v) is 9.46. The molecule has 186 valence electrons. The van der Waals surface area contributed by atoms with Crippen molar-refractivity contribution in [1.82, 2.24) is 19.7 Å². The van der Waals surface area contributed by atoms with Crippen molar-refractivity contribution >= 4 is 33.4 Å². The lowest BCUT2D eigenvalue weighted by atomic mass is 9.91. The third-order valence-electron chi connectivity index (χ3n) is 8.25. The lowest BCUT2D eigenvalue weighted by Crippen LogP contribution is -2.65. The maximum absolute atomic E-state index is 13.8. The fourth-order valence-corrected chi connectivity index (χ4v) is 7.18. The van der Waals surface area contributed by atoms with Crippen LogP contribution in [0.3, 0.4) is 0 Å². The van der Waals surface area contributed by atoms with Crippen LogP contribution >= 0.6 is 11.3 Å². The van der Waals surface area contributed by atoms with E-state index in [0.29, 0.717) is 13.1 Å². The van der Waals surface area contributed by atoms with Crippen molar-refractivity contribution in [3.05, 3.63) is 22.7 Å². The molecule has 0 bridgehead atoms. The summed E-state index contributed by atoms with van der Waals surface area (Å²) in [6.45, 7) is 8.63. The Hall–Kier alpha value is -1.86. The number of nitrogens with one attached hydrogen (secondary N) is 1. The molecule has 4 heterocycles. The first-order valence-electron chi connectivity index (χ1n) is 13.5. The van der Waals surface area contributed by atoms with Gasteiger partial charge in [0.15, 0.2) is 0 Å². The fraction of sp³-hybridized carbons (Fsp3) is 0.704. The van der Waals surface area contributed by atoms with Crippen LogP contribution in [0.1, 0.15) is 87.0 Å². The number of nitrogens with zero attached hydrogens (tertiary/aromatic N) is 3. The summed E-state index contributed by atoms with van der Waals surface area (Å²) in [5, 5.41) is 3.35. The van der Waals surface area contributed by atoms with Crippen molar-refractivity contribution in [2.75, 3.05) is 26.2 Å². The van der Waals surface area contributed by atoms with Gasteiger partial charge in [0, 0.05) is 17.5 Å². The second-order valence-electron chi connectivity index (χ2n) is 10.7. The van der Waals surface area contributed by atoms with Crippen LogP contribution in [0.4, 0.5) is 0 Å². The number of aromatic nitrogens is 1. The smallest absolute Gasteiger partial charge is 0.271 e. The topological polar surface area (TPSA) is 57.6 Å². The van der Waals surface area contributed by atoms with E-state index in [4.69, 9.17) is 0 Å². The van der Waals surface area contributed by atoms with E-state index < -0.39 is 5.54 Å². The number of fused-ring (bicyclic) bond motifs is 3. The van der Waals surface area contributed by atoms with Crippen molar-refractivity contribution in [2.45, 2.75) is 96.2 Å². The van der Waals surface area contributed by atoms with Gasteiger partial charge in [0.1, 0.15) is 11.2 Å². The molecule has 5 rings (SSSR count). The minimum Gasteiger partial charge on any atom is -0.351 e. The molecule has 0 radical (unpaired) electrons. The van der Waals surface area contributed by atoms with Gasteiger partial charge >= 0.3 is 0 Å². The van der Waals surface area contributed by atoms with Crippen LogP contribution in [0.2, 0.25) is 0 Å². The molecule has 2 fully saturated rings. The standard InChI is InChI=1S/C27H40N4O2S/c1-3-21-17-22-24(34-21)18-23-25(32)31(16-10-15-29-13-8-5-9-14-29)27(2,19-30(22)23)26(33)28-20-11-6-4-7-12-20/h17-18,20H,3-16,19H2,1-2H3,(H,28,33). The van der Waals surface area contributed by atoms with Crippen LogP contribution in [0, 0.1) is 0 Å². The molecule has 1 atom stereocenters. The summed E-state index contributed by atoms with van der Waals surface area (Å²) in [5.41, 5.74) is 0.976. The predicted octanol–water partition coefficient (Wildman–Crippen LogP) is 4.80. The Kier molecular flexibility index (Phi) is 7.03. The Morgan fingerprint density at radius 2 is 1.82 bits per heavy atom. The van der Waals surface area contributed by atoms with E-state index in [2.05, 4.69) is 33.8 Å². The zero-order valence-corrected chi connectivity index (χ0v) is 21.7. The summed E-state index contributed by atoms with van der Waals surface area (Å²) in [5.74, 6) is 0.0248. The van der Waals surface area contributed by atoms with E-state index in [1.807, 2.05) is 11.8 Å². The number of hydrogen-bond acceptors (Lipinski definition) is 4. The number of carbonyl (C=O) groups excluding carboxylic acids is 2. The maximum Gasteiger partial charge on any atom is 0.271 e. The van der Waals surface area contributed by atoms with E-state index in [-0.39, 0.29) is 17.9 Å². The molecule has 6 nitrogen and oxygen atoms in total. The quantitative estimate of drug-likeness (QED) is 0.614. The molecule has 1 saturated carbocycles. The van der Waals surface area contributed by atoms with Gasteiger partial charge in [0.05, 0.1) is 16.8 Å². The Morgan fingerprint density at radius 1 is 1.09 bits per heavy atom. The van der Waals surface area contributed by atoms with E-state index in [0.717, 1.165) is 61.2 Å². The summed E-state index contributed by atoms with van der Waals surface area (Å²) in [4.78, 5) is 33.4. The second kappa shape index (κ2) is 10.0. The first kappa shape index (κ1) is 23.9. The van der Waals surface area contributed by atoms with E-state index in [1.54, 1.807) is 11.3 Å². The molecule has 34 heavy (non-hydrogen) atoms. The summed E-state index contributed by atoms with van der Waals surface area (Å²) < 4.78 is 3.28. The van der Waals surface area contributed by atoms with Crippen molar-refractivity contribution < 1.29 is 9.59 Å². The molecular weight excluding hydrogens is 444 g/mol. The predicted molar refractivity (Wildman–Crippen MR) is 139 cm³/mol. The molecule has 3 aliphatic rings. The number of amides is 2. The summed E-state index contributed by atoms with van der Waals surface area (Å²) in [7, 11) is 0. The Balaban J connectivity index is 1.40. The lowest BCUT2D eigenvalue weighted by molar-refractivity contribution is -0.133. The summed E-state index contributed by atoms with van der Waals surface area (Å²) in [6.07, 6.45) is 11.5. The highest BCUT2D eigenvalue weighted by Crippen LogP contribution is 2.36. The van der Waals surface area contributed by atoms with E-state index in [1.165, 1.54) is 43.4 Å². The Bertz CT molecular complexity index is 1030.